The molecule has 2 N–H and O–H groups in total. The molecule has 0 amide bonds. The van der Waals surface area contributed by atoms with Crippen molar-refractivity contribution >= 4 is 0 Å². The number of aliphatic hydroxyl groups excluding tert-OH is 2. The van der Waals surface area contributed by atoms with Gasteiger partial charge in [0.05, 0.1) is 23.9 Å². The lowest BCUT2D eigenvalue weighted by molar-refractivity contribution is -0.0915. The number of hydrogen-bond acceptors (Lipinski definition) is 4. The van der Waals surface area contributed by atoms with Crippen LogP contribution in [-0.4, -0.2) is 58.2 Å². The molecule has 1 heterocycles. The van der Waals surface area contributed by atoms with Crippen molar-refractivity contribution in [1.29, 1.82) is 0 Å². The molecular weight excluding hydrogens is 230 g/mol. The van der Waals surface area contributed by atoms with Gasteiger partial charge in [0.15, 0.2) is 0 Å². The SMILES string of the molecule is CC(C)N(CCO)CC1C(O)C(C)(C)OC1(C)C. The van der Waals surface area contributed by atoms with E-state index in [-0.39, 0.29) is 18.1 Å². The topological polar surface area (TPSA) is 52.9 Å². The third-order valence-electron chi connectivity index (χ3n) is 4.06. The van der Waals surface area contributed by atoms with Gasteiger partial charge in [-0.25, -0.2) is 0 Å². The lowest BCUT2D eigenvalue weighted by Gasteiger charge is -2.34. The second-order valence-electron chi connectivity index (χ2n) is 6.67. The van der Waals surface area contributed by atoms with Gasteiger partial charge in [-0.05, 0) is 41.5 Å². The summed E-state index contributed by atoms with van der Waals surface area (Å²) in [7, 11) is 0. The van der Waals surface area contributed by atoms with Crippen LogP contribution in [-0.2, 0) is 4.74 Å². The summed E-state index contributed by atoms with van der Waals surface area (Å²) in [6.45, 7) is 13.7. The minimum absolute atomic E-state index is 0.0569. The maximum atomic E-state index is 10.4. The average molecular weight is 259 g/mol. The van der Waals surface area contributed by atoms with Gasteiger partial charge in [0.25, 0.3) is 0 Å². The Labute approximate surface area is 111 Å². The van der Waals surface area contributed by atoms with Crippen LogP contribution in [0, 0.1) is 5.92 Å². The molecule has 2 atom stereocenters. The predicted molar refractivity (Wildman–Crippen MR) is 72.5 cm³/mol. The third kappa shape index (κ3) is 3.23. The van der Waals surface area contributed by atoms with Crippen LogP contribution in [0.5, 0.6) is 0 Å². The average Bonchev–Trinajstić information content (AvgIpc) is 2.34. The molecule has 0 aliphatic carbocycles. The van der Waals surface area contributed by atoms with Crippen LogP contribution in [0.15, 0.2) is 0 Å². The molecule has 108 valence electrons. The second-order valence-corrected chi connectivity index (χ2v) is 6.67. The summed E-state index contributed by atoms with van der Waals surface area (Å²) in [5.41, 5.74) is -0.846. The first-order valence-electron chi connectivity index (χ1n) is 6.85. The van der Waals surface area contributed by atoms with E-state index in [1.807, 2.05) is 27.7 Å². The summed E-state index contributed by atoms with van der Waals surface area (Å²) in [6.07, 6.45) is -0.479. The normalized spacial score (nSPS) is 30.3. The largest absolute Gasteiger partial charge is 0.395 e. The van der Waals surface area contributed by atoms with Crippen molar-refractivity contribution in [1.82, 2.24) is 4.90 Å². The molecule has 1 rings (SSSR count). The van der Waals surface area contributed by atoms with E-state index < -0.39 is 11.7 Å². The van der Waals surface area contributed by atoms with E-state index in [4.69, 9.17) is 9.84 Å². The molecule has 0 aromatic carbocycles. The molecule has 0 aromatic rings. The van der Waals surface area contributed by atoms with Crippen LogP contribution >= 0.6 is 0 Å². The van der Waals surface area contributed by atoms with Crippen molar-refractivity contribution in [3.8, 4) is 0 Å². The minimum atomic E-state index is -0.504. The first-order valence-corrected chi connectivity index (χ1v) is 6.85. The maximum absolute atomic E-state index is 10.4. The summed E-state index contributed by atoms with van der Waals surface area (Å²) in [6, 6.07) is 0.351. The smallest absolute Gasteiger partial charge is 0.0896 e. The fraction of sp³-hybridized carbons (Fsp3) is 1.00. The van der Waals surface area contributed by atoms with E-state index in [9.17, 15) is 5.11 Å². The van der Waals surface area contributed by atoms with Gasteiger partial charge in [-0.15, -0.1) is 0 Å². The Morgan fingerprint density at radius 1 is 1.17 bits per heavy atom. The summed E-state index contributed by atoms with van der Waals surface area (Å²) in [5, 5.41) is 19.6. The lowest BCUT2D eigenvalue weighted by Crippen LogP contribution is -2.46. The van der Waals surface area contributed by atoms with Gasteiger partial charge in [0, 0.05) is 25.0 Å². The van der Waals surface area contributed by atoms with E-state index in [0.717, 1.165) is 6.54 Å². The van der Waals surface area contributed by atoms with E-state index >= 15 is 0 Å². The first kappa shape index (κ1) is 15.9. The molecule has 0 spiro atoms. The van der Waals surface area contributed by atoms with Gasteiger partial charge in [-0.1, -0.05) is 0 Å². The molecule has 0 aromatic heterocycles. The molecule has 4 heteroatoms. The highest BCUT2D eigenvalue weighted by atomic mass is 16.5. The standard InChI is InChI=1S/C14H29NO3/c1-10(2)15(7-8-16)9-11-12(17)14(5,6)18-13(11,3)4/h10-12,16-17H,7-9H2,1-6H3. The predicted octanol–water partition coefficient (Wildman–Crippen LogP) is 1.25. The zero-order valence-corrected chi connectivity index (χ0v) is 12.6. The highest BCUT2D eigenvalue weighted by Gasteiger charge is 2.53. The van der Waals surface area contributed by atoms with E-state index in [2.05, 4.69) is 18.7 Å². The Balaban J connectivity index is 2.81. The van der Waals surface area contributed by atoms with Gasteiger partial charge >= 0.3 is 0 Å². The van der Waals surface area contributed by atoms with Crippen molar-refractivity contribution in [2.24, 2.45) is 5.92 Å². The Morgan fingerprint density at radius 2 is 1.72 bits per heavy atom. The van der Waals surface area contributed by atoms with Crippen molar-refractivity contribution in [2.45, 2.75) is 64.9 Å². The molecule has 2 unspecified atom stereocenters. The molecule has 4 nitrogen and oxygen atoms in total. The van der Waals surface area contributed by atoms with E-state index in [1.165, 1.54) is 0 Å². The number of nitrogens with zero attached hydrogens (tertiary/aromatic N) is 1. The van der Waals surface area contributed by atoms with Gasteiger partial charge in [0.2, 0.25) is 0 Å². The van der Waals surface area contributed by atoms with Gasteiger partial charge < -0.3 is 14.9 Å². The van der Waals surface area contributed by atoms with Crippen molar-refractivity contribution in [2.75, 3.05) is 19.7 Å². The lowest BCUT2D eigenvalue weighted by atomic mass is 9.84. The number of ether oxygens (including phenoxy) is 1. The molecule has 1 fully saturated rings. The first-order chi connectivity index (χ1) is 8.12. The number of aliphatic hydroxyl groups is 2. The number of hydrogen-bond donors (Lipinski definition) is 2. The summed E-state index contributed by atoms with van der Waals surface area (Å²) < 4.78 is 5.98. The van der Waals surface area contributed by atoms with Crippen molar-refractivity contribution in [3.63, 3.8) is 0 Å². The molecule has 1 aliphatic heterocycles. The molecule has 1 saturated heterocycles. The Bertz CT molecular complexity index is 276. The minimum Gasteiger partial charge on any atom is -0.395 e. The Kier molecular flexibility index (Phi) is 4.81. The zero-order valence-electron chi connectivity index (χ0n) is 12.6. The van der Waals surface area contributed by atoms with Crippen LogP contribution in [0.4, 0.5) is 0 Å². The Hall–Kier alpha value is -0.160. The second kappa shape index (κ2) is 5.45. The number of rotatable bonds is 5. The van der Waals surface area contributed by atoms with Gasteiger partial charge in [-0.3, -0.25) is 4.90 Å². The molecule has 18 heavy (non-hydrogen) atoms. The zero-order chi connectivity index (χ0) is 14.1. The summed E-state index contributed by atoms with van der Waals surface area (Å²) in [5.74, 6) is 0.0569. The highest BCUT2D eigenvalue weighted by Crippen LogP contribution is 2.42. The Morgan fingerprint density at radius 3 is 2.06 bits per heavy atom. The maximum Gasteiger partial charge on any atom is 0.0896 e. The van der Waals surface area contributed by atoms with Crippen molar-refractivity contribution in [3.05, 3.63) is 0 Å². The molecule has 0 bridgehead atoms. The molecule has 1 aliphatic rings. The van der Waals surface area contributed by atoms with Crippen LogP contribution in [0.1, 0.15) is 41.5 Å². The summed E-state index contributed by atoms with van der Waals surface area (Å²) >= 11 is 0. The summed E-state index contributed by atoms with van der Waals surface area (Å²) in [4.78, 5) is 2.19. The third-order valence-corrected chi connectivity index (χ3v) is 4.06. The van der Waals surface area contributed by atoms with Crippen LogP contribution < -0.4 is 0 Å². The van der Waals surface area contributed by atoms with Gasteiger partial charge in [-0.2, -0.15) is 0 Å². The van der Waals surface area contributed by atoms with E-state index in [1.54, 1.807) is 0 Å². The molecule has 0 radical (unpaired) electrons. The van der Waals surface area contributed by atoms with Crippen LogP contribution in [0.2, 0.25) is 0 Å². The fourth-order valence-corrected chi connectivity index (χ4v) is 2.94. The highest BCUT2D eigenvalue weighted by molar-refractivity contribution is 5.02. The monoisotopic (exact) mass is 259 g/mol. The van der Waals surface area contributed by atoms with Crippen LogP contribution in [0.3, 0.4) is 0 Å². The fourth-order valence-electron chi connectivity index (χ4n) is 2.94. The van der Waals surface area contributed by atoms with Crippen LogP contribution in [0.25, 0.3) is 0 Å². The quantitative estimate of drug-likeness (QED) is 0.780. The van der Waals surface area contributed by atoms with Crippen molar-refractivity contribution < 1.29 is 14.9 Å². The van der Waals surface area contributed by atoms with Gasteiger partial charge in [0.1, 0.15) is 0 Å². The molecular formula is C14H29NO3. The molecule has 0 saturated carbocycles. The van der Waals surface area contributed by atoms with E-state index in [0.29, 0.717) is 12.6 Å².